The third-order valence-corrected chi connectivity index (χ3v) is 2.99. The number of hydrogen-bond acceptors (Lipinski definition) is 3. The number of anilines is 2. The lowest BCUT2D eigenvalue weighted by atomic mass is 10.1. The molecule has 0 aliphatic rings. The van der Waals surface area contributed by atoms with Crippen LogP contribution in [0.1, 0.15) is 11.1 Å². The fourth-order valence-electron chi connectivity index (χ4n) is 1.96. The van der Waals surface area contributed by atoms with Crippen molar-refractivity contribution >= 4 is 17.3 Å². The Morgan fingerprint density at radius 3 is 2.40 bits per heavy atom. The molecule has 2 aromatic rings. The van der Waals surface area contributed by atoms with Gasteiger partial charge in [-0.2, -0.15) is 0 Å². The van der Waals surface area contributed by atoms with Crippen molar-refractivity contribution in [2.45, 2.75) is 13.8 Å². The smallest absolute Gasteiger partial charge is 0.262 e. The Morgan fingerprint density at radius 2 is 1.75 bits per heavy atom. The van der Waals surface area contributed by atoms with Crippen LogP contribution < -0.4 is 15.8 Å². The van der Waals surface area contributed by atoms with E-state index in [9.17, 15) is 4.79 Å². The van der Waals surface area contributed by atoms with E-state index in [-0.39, 0.29) is 12.5 Å². The maximum Gasteiger partial charge on any atom is 0.262 e. The van der Waals surface area contributed by atoms with Crippen LogP contribution in [0.5, 0.6) is 5.75 Å². The molecule has 4 nitrogen and oxygen atoms in total. The molecule has 3 N–H and O–H groups in total. The van der Waals surface area contributed by atoms with E-state index in [0.717, 1.165) is 16.9 Å². The van der Waals surface area contributed by atoms with Gasteiger partial charge >= 0.3 is 0 Å². The summed E-state index contributed by atoms with van der Waals surface area (Å²) in [5.41, 5.74) is 8.93. The van der Waals surface area contributed by atoms with Crippen LogP contribution in [0.15, 0.2) is 42.5 Å². The minimum absolute atomic E-state index is 0.0416. The number of carbonyl (C=O) groups is 1. The van der Waals surface area contributed by atoms with Crippen LogP contribution in [0.25, 0.3) is 0 Å². The number of nitrogens with one attached hydrogen (secondary N) is 1. The largest absolute Gasteiger partial charge is 0.483 e. The van der Waals surface area contributed by atoms with Crippen molar-refractivity contribution in [3.8, 4) is 5.75 Å². The van der Waals surface area contributed by atoms with Crippen LogP contribution >= 0.6 is 0 Å². The highest BCUT2D eigenvalue weighted by molar-refractivity contribution is 5.94. The van der Waals surface area contributed by atoms with E-state index in [4.69, 9.17) is 10.5 Å². The number of benzene rings is 2. The average Bonchev–Trinajstić information content (AvgIpc) is 2.41. The SMILES string of the molecule is Cc1cccc(C)c1OCC(=O)Nc1ccccc1N. The number of ether oxygens (including phenoxy) is 1. The molecule has 0 aromatic heterocycles. The molecule has 1 amide bonds. The van der Waals surface area contributed by atoms with Crippen molar-refractivity contribution in [3.63, 3.8) is 0 Å². The molecule has 0 saturated carbocycles. The number of amides is 1. The summed E-state index contributed by atoms with van der Waals surface area (Å²) in [5.74, 6) is 0.522. The summed E-state index contributed by atoms with van der Waals surface area (Å²) in [6.45, 7) is 3.87. The summed E-state index contributed by atoms with van der Waals surface area (Å²) in [7, 11) is 0. The van der Waals surface area contributed by atoms with E-state index in [1.807, 2.05) is 44.2 Å². The van der Waals surface area contributed by atoms with Gasteiger partial charge in [0.25, 0.3) is 5.91 Å². The van der Waals surface area contributed by atoms with Crippen molar-refractivity contribution in [1.82, 2.24) is 0 Å². The van der Waals surface area contributed by atoms with Gasteiger partial charge in [0.15, 0.2) is 6.61 Å². The van der Waals surface area contributed by atoms with Gasteiger partial charge in [0.2, 0.25) is 0 Å². The van der Waals surface area contributed by atoms with E-state index >= 15 is 0 Å². The lowest BCUT2D eigenvalue weighted by molar-refractivity contribution is -0.118. The van der Waals surface area contributed by atoms with Crippen molar-refractivity contribution < 1.29 is 9.53 Å². The Kier molecular flexibility index (Phi) is 4.25. The lowest BCUT2D eigenvalue weighted by Gasteiger charge is -2.12. The van der Waals surface area contributed by atoms with E-state index in [2.05, 4.69) is 5.32 Å². The molecule has 0 bridgehead atoms. The summed E-state index contributed by atoms with van der Waals surface area (Å²) < 4.78 is 5.59. The standard InChI is InChI=1S/C16H18N2O2/c1-11-6-5-7-12(2)16(11)20-10-15(19)18-14-9-4-3-8-13(14)17/h3-9H,10,17H2,1-2H3,(H,18,19). The number of hydrogen-bond donors (Lipinski definition) is 2. The summed E-state index contributed by atoms with van der Waals surface area (Å²) in [4.78, 5) is 11.9. The normalized spacial score (nSPS) is 10.1. The predicted octanol–water partition coefficient (Wildman–Crippen LogP) is 2.90. The molecule has 0 saturated heterocycles. The van der Waals surface area contributed by atoms with Gasteiger partial charge < -0.3 is 15.8 Å². The van der Waals surface area contributed by atoms with Crippen molar-refractivity contribution in [3.05, 3.63) is 53.6 Å². The number of aryl methyl sites for hydroxylation is 2. The molecule has 0 fully saturated rings. The molecule has 0 aliphatic heterocycles. The summed E-state index contributed by atoms with van der Waals surface area (Å²) in [6, 6.07) is 13.0. The number of nitrogens with two attached hydrogens (primary N) is 1. The second-order valence-corrected chi connectivity index (χ2v) is 4.65. The zero-order valence-corrected chi connectivity index (χ0v) is 11.6. The molecule has 0 atom stereocenters. The number of carbonyl (C=O) groups excluding carboxylic acids is 1. The van der Waals surface area contributed by atoms with E-state index < -0.39 is 0 Å². The van der Waals surface area contributed by atoms with Crippen molar-refractivity contribution in [2.75, 3.05) is 17.7 Å². The number of nitrogen functional groups attached to an aromatic ring is 1. The molecule has 0 spiro atoms. The third kappa shape index (κ3) is 3.29. The monoisotopic (exact) mass is 270 g/mol. The first-order chi connectivity index (χ1) is 9.58. The summed E-state index contributed by atoms with van der Waals surface area (Å²) in [5, 5.41) is 2.73. The molecule has 2 aromatic carbocycles. The van der Waals surface area contributed by atoms with Gasteiger partial charge in [-0.05, 0) is 37.1 Å². The molecule has 0 aliphatic carbocycles. The second-order valence-electron chi connectivity index (χ2n) is 4.65. The summed E-state index contributed by atoms with van der Waals surface area (Å²) in [6.07, 6.45) is 0. The van der Waals surface area contributed by atoms with Crippen LogP contribution in [0.2, 0.25) is 0 Å². The molecular formula is C16H18N2O2. The lowest BCUT2D eigenvalue weighted by Crippen LogP contribution is -2.21. The molecule has 0 heterocycles. The van der Waals surface area contributed by atoms with Gasteiger partial charge in [-0.3, -0.25) is 4.79 Å². The average molecular weight is 270 g/mol. The molecule has 0 unspecified atom stereocenters. The molecule has 20 heavy (non-hydrogen) atoms. The number of rotatable bonds is 4. The quantitative estimate of drug-likeness (QED) is 0.840. The molecule has 104 valence electrons. The zero-order chi connectivity index (χ0) is 14.5. The van der Waals surface area contributed by atoms with Crippen LogP contribution in [0.3, 0.4) is 0 Å². The van der Waals surface area contributed by atoms with Gasteiger partial charge in [0.05, 0.1) is 11.4 Å². The Bertz CT molecular complexity index is 603. The zero-order valence-electron chi connectivity index (χ0n) is 11.6. The maximum atomic E-state index is 11.9. The highest BCUT2D eigenvalue weighted by atomic mass is 16.5. The van der Waals surface area contributed by atoms with E-state index in [1.165, 1.54) is 0 Å². The van der Waals surface area contributed by atoms with Gasteiger partial charge in [0, 0.05) is 0 Å². The van der Waals surface area contributed by atoms with Gasteiger partial charge in [0.1, 0.15) is 5.75 Å². The van der Waals surface area contributed by atoms with Crippen LogP contribution in [-0.2, 0) is 4.79 Å². The first-order valence-electron chi connectivity index (χ1n) is 6.41. The van der Waals surface area contributed by atoms with E-state index in [0.29, 0.717) is 11.4 Å². The fraction of sp³-hybridized carbons (Fsp3) is 0.188. The maximum absolute atomic E-state index is 11.9. The Morgan fingerprint density at radius 1 is 1.10 bits per heavy atom. The minimum Gasteiger partial charge on any atom is -0.483 e. The van der Waals surface area contributed by atoms with Crippen molar-refractivity contribution in [2.24, 2.45) is 0 Å². The second kappa shape index (κ2) is 6.10. The topological polar surface area (TPSA) is 64.3 Å². The Hall–Kier alpha value is -2.49. The first-order valence-corrected chi connectivity index (χ1v) is 6.41. The molecule has 0 radical (unpaired) electrons. The number of para-hydroxylation sites is 3. The van der Waals surface area contributed by atoms with Gasteiger partial charge in [-0.15, -0.1) is 0 Å². The van der Waals surface area contributed by atoms with Crippen molar-refractivity contribution in [1.29, 1.82) is 0 Å². The molecule has 4 heteroatoms. The van der Waals surface area contributed by atoms with Gasteiger partial charge in [-0.1, -0.05) is 30.3 Å². The highest BCUT2D eigenvalue weighted by Crippen LogP contribution is 2.22. The molecular weight excluding hydrogens is 252 g/mol. The van der Waals surface area contributed by atoms with E-state index in [1.54, 1.807) is 12.1 Å². The third-order valence-electron chi connectivity index (χ3n) is 2.99. The van der Waals surface area contributed by atoms with Crippen LogP contribution in [0, 0.1) is 13.8 Å². The van der Waals surface area contributed by atoms with Crippen LogP contribution in [-0.4, -0.2) is 12.5 Å². The summed E-state index contributed by atoms with van der Waals surface area (Å²) >= 11 is 0. The molecule has 2 rings (SSSR count). The Labute approximate surface area is 118 Å². The minimum atomic E-state index is -0.231. The highest BCUT2D eigenvalue weighted by Gasteiger charge is 2.08. The predicted molar refractivity (Wildman–Crippen MR) is 80.9 cm³/mol. The fourth-order valence-corrected chi connectivity index (χ4v) is 1.96. The Balaban J connectivity index is 1.98. The van der Waals surface area contributed by atoms with Crippen LogP contribution in [0.4, 0.5) is 11.4 Å². The van der Waals surface area contributed by atoms with Gasteiger partial charge in [-0.25, -0.2) is 0 Å². The first kappa shape index (κ1) is 13.9.